The molecule has 0 radical (unpaired) electrons. The summed E-state index contributed by atoms with van der Waals surface area (Å²) in [4.78, 5) is 11.3. The molecule has 100 valence electrons. The van der Waals surface area contributed by atoms with E-state index < -0.39 is 0 Å². The van der Waals surface area contributed by atoms with Crippen molar-refractivity contribution in [3.8, 4) is 0 Å². The van der Waals surface area contributed by atoms with E-state index in [4.69, 9.17) is 10.6 Å². The molecule has 5 heteroatoms. The SMILES string of the molecule is CC(C)CCOCc1ccc(C(=O)NN)cc1Br. The minimum Gasteiger partial charge on any atom is -0.377 e. The number of nitrogen functional groups attached to an aromatic ring is 1. The van der Waals surface area contributed by atoms with Gasteiger partial charge in [0.1, 0.15) is 0 Å². The Morgan fingerprint density at radius 1 is 1.50 bits per heavy atom. The summed E-state index contributed by atoms with van der Waals surface area (Å²) >= 11 is 3.42. The molecule has 0 saturated carbocycles. The highest BCUT2D eigenvalue weighted by atomic mass is 79.9. The number of nitrogens with one attached hydrogen (secondary N) is 1. The van der Waals surface area contributed by atoms with Gasteiger partial charge in [-0.3, -0.25) is 10.2 Å². The number of halogens is 1. The Hall–Kier alpha value is -0.910. The fourth-order valence-electron chi connectivity index (χ4n) is 1.39. The van der Waals surface area contributed by atoms with Crippen LogP contribution in [0.4, 0.5) is 0 Å². The normalized spacial score (nSPS) is 10.7. The van der Waals surface area contributed by atoms with E-state index in [0.29, 0.717) is 18.1 Å². The van der Waals surface area contributed by atoms with Gasteiger partial charge in [0.25, 0.3) is 5.91 Å². The lowest BCUT2D eigenvalue weighted by Crippen LogP contribution is -2.29. The quantitative estimate of drug-likeness (QED) is 0.367. The maximum atomic E-state index is 11.3. The van der Waals surface area contributed by atoms with Crippen LogP contribution in [0.3, 0.4) is 0 Å². The average Bonchev–Trinajstić information content (AvgIpc) is 2.34. The standard InChI is InChI=1S/C13H19BrN2O2/c1-9(2)5-6-18-8-11-4-3-10(7-12(11)14)13(17)16-15/h3-4,7,9H,5-6,8,15H2,1-2H3,(H,16,17). The van der Waals surface area contributed by atoms with Crippen molar-refractivity contribution in [2.75, 3.05) is 6.61 Å². The smallest absolute Gasteiger partial charge is 0.265 e. The average molecular weight is 315 g/mol. The highest BCUT2D eigenvalue weighted by molar-refractivity contribution is 9.10. The lowest BCUT2D eigenvalue weighted by molar-refractivity contribution is 0.0952. The lowest BCUT2D eigenvalue weighted by Gasteiger charge is -2.09. The van der Waals surface area contributed by atoms with Crippen LogP contribution < -0.4 is 11.3 Å². The minimum atomic E-state index is -0.303. The van der Waals surface area contributed by atoms with Gasteiger partial charge in [0.05, 0.1) is 6.61 Å². The van der Waals surface area contributed by atoms with Crippen molar-refractivity contribution in [3.05, 3.63) is 33.8 Å². The van der Waals surface area contributed by atoms with Gasteiger partial charge in [0.2, 0.25) is 0 Å². The third-order valence-electron chi connectivity index (χ3n) is 2.54. The second kappa shape index (κ2) is 7.51. The van der Waals surface area contributed by atoms with Crippen LogP contribution in [0.25, 0.3) is 0 Å². The molecule has 0 aliphatic heterocycles. The summed E-state index contributed by atoms with van der Waals surface area (Å²) in [6.07, 6.45) is 1.05. The molecule has 1 aromatic rings. The summed E-state index contributed by atoms with van der Waals surface area (Å²) in [6, 6.07) is 5.33. The van der Waals surface area contributed by atoms with Gasteiger partial charge in [-0.05, 0) is 30.0 Å². The maximum absolute atomic E-state index is 11.3. The number of hydrazine groups is 1. The fourth-order valence-corrected chi connectivity index (χ4v) is 1.88. The Kier molecular flexibility index (Phi) is 6.32. The first kappa shape index (κ1) is 15.1. The van der Waals surface area contributed by atoms with Crippen LogP contribution in [0.1, 0.15) is 36.2 Å². The summed E-state index contributed by atoms with van der Waals surface area (Å²) in [5, 5.41) is 0. The van der Waals surface area contributed by atoms with Crippen LogP contribution in [-0.4, -0.2) is 12.5 Å². The van der Waals surface area contributed by atoms with E-state index >= 15 is 0 Å². The van der Waals surface area contributed by atoms with Gasteiger partial charge in [0.15, 0.2) is 0 Å². The fraction of sp³-hybridized carbons (Fsp3) is 0.462. The molecule has 0 aliphatic carbocycles. The van der Waals surface area contributed by atoms with Gasteiger partial charge in [0, 0.05) is 16.6 Å². The molecule has 0 spiro atoms. The summed E-state index contributed by atoms with van der Waals surface area (Å²) in [7, 11) is 0. The van der Waals surface area contributed by atoms with Crippen molar-refractivity contribution in [1.82, 2.24) is 5.43 Å². The van der Waals surface area contributed by atoms with Crippen molar-refractivity contribution in [1.29, 1.82) is 0 Å². The first-order valence-corrected chi connectivity index (χ1v) is 6.71. The number of ether oxygens (including phenoxy) is 1. The molecule has 3 N–H and O–H groups in total. The lowest BCUT2D eigenvalue weighted by atomic mass is 10.1. The summed E-state index contributed by atoms with van der Waals surface area (Å²) in [5.74, 6) is 5.42. The second-order valence-corrected chi connectivity index (χ2v) is 5.37. The number of hydrogen-bond donors (Lipinski definition) is 2. The van der Waals surface area contributed by atoms with Gasteiger partial charge in [-0.25, -0.2) is 5.84 Å². The number of rotatable bonds is 6. The Morgan fingerprint density at radius 2 is 2.22 bits per heavy atom. The third kappa shape index (κ3) is 4.76. The number of nitrogens with two attached hydrogens (primary N) is 1. The van der Waals surface area contributed by atoms with Crippen LogP contribution in [-0.2, 0) is 11.3 Å². The molecule has 0 aliphatic rings. The van der Waals surface area contributed by atoms with Crippen LogP contribution in [0, 0.1) is 5.92 Å². The Morgan fingerprint density at radius 3 is 2.78 bits per heavy atom. The number of carbonyl (C=O) groups is 1. The Labute approximate surface area is 116 Å². The molecule has 0 aromatic heterocycles. The molecular weight excluding hydrogens is 296 g/mol. The van der Waals surface area contributed by atoms with E-state index in [1.165, 1.54) is 0 Å². The molecule has 0 unspecified atom stereocenters. The number of hydrogen-bond acceptors (Lipinski definition) is 3. The molecule has 0 heterocycles. The molecule has 1 amide bonds. The van der Waals surface area contributed by atoms with Crippen molar-refractivity contribution in [3.63, 3.8) is 0 Å². The highest BCUT2D eigenvalue weighted by Gasteiger charge is 2.07. The van der Waals surface area contributed by atoms with E-state index in [2.05, 4.69) is 35.2 Å². The maximum Gasteiger partial charge on any atom is 0.265 e. The van der Waals surface area contributed by atoms with Crippen molar-refractivity contribution in [2.45, 2.75) is 26.9 Å². The predicted molar refractivity (Wildman–Crippen MR) is 74.9 cm³/mol. The Balaban J connectivity index is 2.55. The molecule has 0 saturated heterocycles. The second-order valence-electron chi connectivity index (χ2n) is 4.51. The predicted octanol–water partition coefficient (Wildman–Crippen LogP) is 2.62. The monoisotopic (exact) mass is 314 g/mol. The molecule has 0 fully saturated rings. The summed E-state index contributed by atoms with van der Waals surface area (Å²) in [6.45, 7) is 5.62. The molecule has 0 atom stereocenters. The molecule has 1 rings (SSSR count). The van der Waals surface area contributed by atoms with E-state index in [0.717, 1.165) is 23.1 Å². The first-order chi connectivity index (χ1) is 8.54. The topological polar surface area (TPSA) is 64.3 Å². The van der Waals surface area contributed by atoms with Gasteiger partial charge >= 0.3 is 0 Å². The van der Waals surface area contributed by atoms with Gasteiger partial charge in [-0.2, -0.15) is 0 Å². The Bertz CT molecular complexity index is 408. The van der Waals surface area contributed by atoms with E-state index in [9.17, 15) is 4.79 Å². The number of benzene rings is 1. The van der Waals surface area contributed by atoms with Gasteiger partial charge in [-0.1, -0.05) is 35.8 Å². The number of carbonyl (C=O) groups excluding carboxylic acids is 1. The highest BCUT2D eigenvalue weighted by Crippen LogP contribution is 2.19. The minimum absolute atomic E-state index is 0.303. The van der Waals surface area contributed by atoms with Crippen molar-refractivity contribution in [2.24, 2.45) is 11.8 Å². The van der Waals surface area contributed by atoms with Crippen molar-refractivity contribution >= 4 is 21.8 Å². The largest absolute Gasteiger partial charge is 0.377 e. The van der Waals surface area contributed by atoms with Crippen LogP contribution in [0.2, 0.25) is 0 Å². The van der Waals surface area contributed by atoms with E-state index in [-0.39, 0.29) is 5.91 Å². The van der Waals surface area contributed by atoms with E-state index in [1.807, 2.05) is 6.07 Å². The van der Waals surface area contributed by atoms with Crippen molar-refractivity contribution < 1.29 is 9.53 Å². The molecule has 18 heavy (non-hydrogen) atoms. The molecule has 0 bridgehead atoms. The zero-order valence-corrected chi connectivity index (χ0v) is 12.3. The zero-order valence-electron chi connectivity index (χ0n) is 10.7. The third-order valence-corrected chi connectivity index (χ3v) is 3.28. The summed E-state index contributed by atoms with van der Waals surface area (Å²) in [5.41, 5.74) is 3.65. The van der Waals surface area contributed by atoms with Gasteiger partial charge in [-0.15, -0.1) is 0 Å². The van der Waals surface area contributed by atoms with E-state index in [1.54, 1.807) is 12.1 Å². The first-order valence-electron chi connectivity index (χ1n) is 5.91. The summed E-state index contributed by atoms with van der Waals surface area (Å²) < 4.78 is 6.44. The molecular formula is C13H19BrN2O2. The number of amides is 1. The van der Waals surface area contributed by atoms with Crippen LogP contribution in [0.5, 0.6) is 0 Å². The molecule has 4 nitrogen and oxygen atoms in total. The van der Waals surface area contributed by atoms with Crippen LogP contribution in [0.15, 0.2) is 22.7 Å². The van der Waals surface area contributed by atoms with Gasteiger partial charge < -0.3 is 4.74 Å². The van der Waals surface area contributed by atoms with Crippen LogP contribution >= 0.6 is 15.9 Å². The molecule has 1 aromatic carbocycles. The zero-order chi connectivity index (χ0) is 13.5.